The maximum atomic E-state index is 13.6. The summed E-state index contributed by atoms with van der Waals surface area (Å²) in [5, 5.41) is 0.471. The summed E-state index contributed by atoms with van der Waals surface area (Å²) in [6.45, 7) is 6.43. The second kappa shape index (κ2) is 9.11. The molecule has 0 bridgehead atoms. The van der Waals surface area contributed by atoms with Crippen LogP contribution < -0.4 is 14.4 Å². The molecule has 2 aromatic heterocycles. The highest BCUT2D eigenvalue weighted by Gasteiger charge is 2.54. The number of ether oxygens (including phenoxy) is 1. The van der Waals surface area contributed by atoms with Crippen LogP contribution in [0.2, 0.25) is 0 Å². The van der Waals surface area contributed by atoms with Crippen LogP contribution in [-0.4, -0.2) is 44.0 Å². The number of nitrogens with one attached hydrogen (secondary N) is 1. The number of pyridine rings is 2. The lowest BCUT2D eigenvalue weighted by Gasteiger charge is -2.23. The summed E-state index contributed by atoms with van der Waals surface area (Å²) < 4.78 is 35.0. The highest BCUT2D eigenvalue weighted by atomic mass is 32.2. The van der Waals surface area contributed by atoms with Crippen molar-refractivity contribution in [1.82, 2.24) is 14.7 Å². The minimum Gasteiger partial charge on any atom is -0.477 e. The number of hydrogen-bond donors (Lipinski definition) is 1. The molecule has 8 nitrogen and oxygen atoms in total. The van der Waals surface area contributed by atoms with Gasteiger partial charge in [-0.3, -0.25) is 9.78 Å². The number of carbonyl (C=O) groups excluding carboxylic acids is 1. The van der Waals surface area contributed by atoms with Crippen LogP contribution in [0.15, 0.2) is 53.7 Å². The van der Waals surface area contributed by atoms with Gasteiger partial charge in [0.1, 0.15) is 0 Å². The van der Waals surface area contributed by atoms with Gasteiger partial charge in [-0.25, -0.2) is 18.1 Å². The zero-order valence-electron chi connectivity index (χ0n) is 20.0. The monoisotopic (exact) mass is 494 g/mol. The first kappa shape index (κ1) is 23.5. The molecule has 3 aromatic rings. The molecule has 35 heavy (non-hydrogen) atoms. The van der Waals surface area contributed by atoms with Crippen LogP contribution in [0, 0.1) is 5.92 Å². The van der Waals surface area contributed by atoms with E-state index in [0.717, 1.165) is 31.6 Å². The minimum absolute atomic E-state index is 0.0347. The van der Waals surface area contributed by atoms with Crippen molar-refractivity contribution in [2.24, 2.45) is 5.92 Å². The molecular formula is C26H30N4O4S. The number of aromatic nitrogens is 2. The average molecular weight is 495 g/mol. The average Bonchev–Trinajstić information content (AvgIpc) is 3.48. The molecule has 1 aromatic carbocycles. The fourth-order valence-corrected chi connectivity index (χ4v) is 5.89. The molecule has 1 aliphatic heterocycles. The van der Waals surface area contributed by atoms with E-state index in [1.807, 2.05) is 19.9 Å². The molecule has 2 aliphatic rings. The van der Waals surface area contributed by atoms with Crippen molar-refractivity contribution in [3.8, 4) is 5.88 Å². The topological polar surface area (TPSA) is 101 Å². The number of amides is 1. The standard InChI is InChI=1S/C26H30N4O4S/c1-18(2)17-34-24-21(15-19(16-28-24)30-13-3-4-14-30)26(10-11-26)25(31)29-35(32,33)23-9-5-8-22-20(23)7-6-12-27-22/h5-9,12,15-16,18H,3-4,10-11,13-14,17H2,1-2H3,(H,29,31). The van der Waals surface area contributed by atoms with Crippen LogP contribution in [0.5, 0.6) is 5.88 Å². The lowest BCUT2D eigenvalue weighted by molar-refractivity contribution is -0.121. The Morgan fingerprint density at radius 3 is 2.63 bits per heavy atom. The Kier molecular flexibility index (Phi) is 6.13. The first-order chi connectivity index (χ1) is 16.8. The molecule has 5 rings (SSSR count). The molecule has 1 N–H and O–H groups in total. The number of nitrogens with zero attached hydrogens (tertiary/aromatic N) is 3. The number of carbonyl (C=O) groups is 1. The SMILES string of the molecule is CC(C)COc1ncc(N2CCCC2)cc1C1(C(=O)NS(=O)(=O)c2cccc3ncccc23)CC1. The zero-order chi connectivity index (χ0) is 24.6. The van der Waals surface area contributed by atoms with Gasteiger partial charge in [0.05, 0.1) is 34.3 Å². The van der Waals surface area contributed by atoms with E-state index in [0.29, 0.717) is 41.8 Å². The smallest absolute Gasteiger partial charge is 0.264 e. The third-order valence-corrected chi connectivity index (χ3v) is 8.07. The third kappa shape index (κ3) is 4.57. The molecule has 0 unspecified atom stereocenters. The Balaban J connectivity index is 1.48. The molecule has 0 radical (unpaired) electrons. The first-order valence-electron chi connectivity index (χ1n) is 12.1. The highest BCUT2D eigenvalue weighted by molar-refractivity contribution is 7.90. The minimum atomic E-state index is -4.11. The van der Waals surface area contributed by atoms with Crippen LogP contribution in [0.4, 0.5) is 5.69 Å². The van der Waals surface area contributed by atoms with Gasteiger partial charge < -0.3 is 9.64 Å². The molecule has 1 saturated heterocycles. The Bertz CT molecular complexity index is 1360. The van der Waals surface area contributed by atoms with E-state index < -0.39 is 21.3 Å². The van der Waals surface area contributed by atoms with Crippen molar-refractivity contribution in [3.63, 3.8) is 0 Å². The second-order valence-electron chi connectivity index (χ2n) is 9.79. The fourth-order valence-electron chi connectivity index (χ4n) is 4.62. The number of benzene rings is 1. The molecule has 1 aliphatic carbocycles. The Morgan fingerprint density at radius 2 is 1.91 bits per heavy atom. The van der Waals surface area contributed by atoms with Crippen molar-refractivity contribution in [3.05, 3.63) is 54.4 Å². The summed E-state index contributed by atoms with van der Waals surface area (Å²) >= 11 is 0. The molecule has 1 saturated carbocycles. The molecule has 0 atom stereocenters. The van der Waals surface area contributed by atoms with Crippen molar-refractivity contribution < 1.29 is 17.9 Å². The van der Waals surface area contributed by atoms with E-state index in [-0.39, 0.29) is 10.8 Å². The van der Waals surface area contributed by atoms with Crippen LogP contribution >= 0.6 is 0 Å². The normalized spacial score (nSPS) is 17.1. The van der Waals surface area contributed by atoms with E-state index in [1.165, 1.54) is 6.07 Å². The van der Waals surface area contributed by atoms with E-state index in [2.05, 4.69) is 19.6 Å². The molecule has 2 fully saturated rings. The Hall–Kier alpha value is -3.20. The fraction of sp³-hybridized carbons (Fsp3) is 0.423. The van der Waals surface area contributed by atoms with E-state index in [1.54, 1.807) is 36.7 Å². The summed E-state index contributed by atoms with van der Waals surface area (Å²) in [6, 6.07) is 10.2. The molecule has 9 heteroatoms. The number of anilines is 1. The van der Waals surface area contributed by atoms with Crippen molar-refractivity contribution >= 4 is 32.5 Å². The summed E-state index contributed by atoms with van der Waals surface area (Å²) in [4.78, 5) is 24.7. The number of hydrogen-bond acceptors (Lipinski definition) is 7. The van der Waals surface area contributed by atoms with Crippen LogP contribution in [-0.2, 0) is 20.2 Å². The molecule has 0 spiro atoms. The van der Waals surface area contributed by atoms with Gasteiger partial charge in [0, 0.05) is 30.2 Å². The summed E-state index contributed by atoms with van der Waals surface area (Å²) in [5.41, 5.74) is 1.17. The maximum Gasteiger partial charge on any atom is 0.264 e. The van der Waals surface area contributed by atoms with Gasteiger partial charge in [-0.2, -0.15) is 0 Å². The van der Waals surface area contributed by atoms with Gasteiger partial charge in [0.15, 0.2) is 0 Å². The number of sulfonamides is 1. The van der Waals surface area contributed by atoms with Gasteiger partial charge >= 0.3 is 0 Å². The predicted molar refractivity (Wildman–Crippen MR) is 134 cm³/mol. The van der Waals surface area contributed by atoms with Crippen LogP contribution in [0.1, 0.15) is 45.1 Å². The first-order valence-corrected chi connectivity index (χ1v) is 13.6. The summed E-state index contributed by atoms with van der Waals surface area (Å²) in [6.07, 6.45) is 6.70. The predicted octanol–water partition coefficient (Wildman–Crippen LogP) is 3.80. The quantitative estimate of drug-likeness (QED) is 0.508. The maximum absolute atomic E-state index is 13.6. The van der Waals surface area contributed by atoms with E-state index in [9.17, 15) is 13.2 Å². The lowest BCUT2D eigenvalue weighted by atomic mass is 9.95. The highest BCUT2D eigenvalue weighted by Crippen LogP contribution is 2.52. The van der Waals surface area contributed by atoms with Crippen molar-refractivity contribution in [2.45, 2.75) is 49.8 Å². The van der Waals surface area contributed by atoms with Gasteiger partial charge in [0.25, 0.3) is 10.0 Å². The van der Waals surface area contributed by atoms with Gasteiger partial charge in [-0.1, -0.05) is 19.9 Å². The molecule has 3 heterocycles. The van der Waals surface area contributed by atoms with E-state index >= 15 is 0 Å². The Morgan fingerprint density at radius 1 is 1.14 bits per heavy atom. The van der Waals surface area contributed by atoms with Crippen LogP contribution in [0.25, 0.3) is 10.9 Å². The molecular weight excluding hydrogens is 464 g/mol. The third-order valence-electron chi connectivity index (χ3n) is 6.68. The molecule has 184 valence electrons. The Labute approximate surface area is 205 Å². The van der Waals surface area contributed by atoms with Gasteiger partial charge in [0.2, 0.25) is 11.8 Å². The van der Waals surface area contributed by atoms with Crippen molar-refractivity contribution in [1.29, 1.82) is 0 Å². The van der Waals surface area contributed by atoms with Crippen molar-refractivity contribution in [2.75, 3.05) is 24.6 Å². The van der Waals surface area contributed by atoms with Crippen LogP contribution in [0.3, 0.4) is 0 Å². The van der Waals surface area contributed by atoms with Gasteiger partial charge in [-0.05, 0) is 61.9 Å². The lowest BCUT2D eigenvalue weighted by Crippen LogP contribution is -2.39. The number of fused-ring (bicyclic) bond motifs is 1. The van der Waals surface area contributed by atoms with E-state index in [4.69, 9.17) is 4.74 Å². The summed E-state index contributed by atoms with van der Waals surface area (Å²) in [7, 11) is -4.11. The number of rotatable bonds is 8. The second-order valence-corrected chi connectivity index (χ2v) is 11.4. The largest absolute Gasteiger partial charge is 0.477 e. The molecule has 1 amide bonds. The van der Waals surface area contributed by atoms with Gasteiger partial charge in [-0.15, -0.1) is 0 Å². The zero-order valence-corrected chi connectivity index (χ0v) is 20.8. The summed E-state index contributed by atoms with van der Waals surface area (Å²) in [5.74, 6) is 0.140.